The maximum Gasteiger partial charge on any atom is 0.290 e. The van der Waals surface area contributed by atoms with E-state index in [0.717, 1.165) is 22.4 Å². The number of carbonyl (C=O) groups is 1. The molecule has 104 valence electrons. The molecule has 0 spiro atoms. The second-order valence-corrected chi connectivity index (χ2v) is 4.69. The normalized spacial score (nSPS) is 10.7. The highest BCUT2D eigenvalue weighted by atomic mass is 16.3. The Bertz CT molecular complexity index is 545. The number of fused-ring (bicyclic) bond motifs is 1. The van der Waals surface area contributed by atoms with E-state index in [1.807, 2.05) is 13.1 Å². The predicted octanol–water partition coefficient (Wildman–Crippen LogP) is 1.15. The minimum Gasteiger partial charge on any atom is -0.483 e. The van der Waals surface area contributed by atoms with Gasteiger partial charge in [-0.25, -0.2) is 9.97 Å². The summed E-state index contributed by atoms with van der Waals surface area (Å²) < 4.78 is 0. The first-order valence-corrected chi connectivity index (χ1v) is 5.72. The van der Waals surface area contributed by atoms with Gasteiger partial charge in [0.25, 0.3) is 6.47 Å². The summed E-state index contributed by atoms with van der Waals surface area (Å²) >= 11 is 0. The number of anilines is 1. The van der Waals surface area contributed by atoms with Crippen molar-refractivity contribution in [3.63, 3.8) is 0 Å². The molecule has 0 aliphatic rings. The van der Waals surface area contributed by atoms with Gasteiger partial charge in [-0.2, -0.15) is 0 Å². The molecule has 7 nitrogen and oxygen atoms in total. The molecule has 0 atom stereocenters. The second-order valence-electron chi connectivity index (χ2n) is 4.69. The molecule has 4 N–H and O–H groups in total. The van der Waals surface area contributed by atoms with Crippen molar-refractivity contribution in [2.24, 2.45) is 0 Å². The van der Waals surface area contributed by atoms with Gasteiger partial charge in [0.15, 0.2) is 0 Å². The fourth-order valence-corrected chi connectivity index (χ4v) is 1.55. The van der Waals surface area contributed by atoms with Crippen LogP contribution in [0.5, 0.6) is 0 Å². The molecule has 0 amide bonds. The molecule has 0 fully saturated rings. The van der Waals surface area contributed by atoms with Crippen molar-refractivity contribution in [1.82, 2.24) is 15.0 Å². The lowest BCUT2D eigenvalue weighted by Gasteiger charge is -2.18. The Morgan fingerprint density at radius 1 is 1.47 bits per heavy atom. The van der Waals surface area contributed by atoms with Crippen molar-refractivity contribution in [1.29, 1.82) is 0 Å². The van der Waals surface area contributed by atoms with Crippen molar-refractivity contribution in [3.8, 4) is 0 Å². The average Bonchev–Trinajstić information content (AvgIpc) is 2.69. The number of carboxylic acid groups (broad SMARTS) is 1. The first kappa shape index (κ1) is 14.9. The molecule has 2 aromatic rings. The summed E-state index contributed by atoms with van der Waals surface area (Å²) in [6.45, 7) is 5.70. The highest BCUT2D eigenvalue weighted by Crippen LogP contribution is 2.22. The molecule has 2 aromatic heterocycles. The molecule has 19 heavy (non-hydrogen) atoms. The third kappa shape index (κ3) is 4.22. The summed E-state index contributed by atoms with van der Waals surface area (Å²) in [7, 11) is 0. The van der Waals surface area contributed by atoms with Gasteiger partial charge >= 0.3 is 0 Å². The maximum absolute atomic E-state index is 9.66. The van der Waals surface area contributed by atoms with E-state index in [0.29, 0.717) is 6.54 Å². The van der Waals surface area contributed by atoms with Gasteiger partial charge in [-0.05, 0) is 26.3 Å². The first-order chi connectivity index (χ1) is 8.89. The molecule has 2 heterocycles. The predicted molar refractivity (Wildman–Crippen MR) is 72.1 cm³/mol. The second kappa shape index (κ2) is 6.14. The number of aromatic amines is 1. The van der Waals surface area contributed by atoms with Crippen molar-refractivity contribution in [3.05, 3.63) is 18.1 Å². The van der Waals surface area contributed by atoms with Crippen molar-refractivity contribution >= 4 is 23.3 Å². The molecule has 0 bridgehead atoms. The summed E-state index contributed by atoms with van der Waals surface area (Å²) in [5.41, 5.74) is 1.14. The average molecular weight is 266 g/mol. The lowest BCUT2D eigenvalue weighted by molar-refractivity contribution is -0.122. The molecule has 0 aliphatic carbocycles. The zero-order valence-electron chi connectivity index (χ0n) is 11.1. The molecule has 0 saturated heterocycles. The number of nitrogens with zero attached hydrogens (tertiary/aromatic N) is 2. The van der Waals surface area contributed by atoms with Crippen LogP contribution < -0.4 is 5.32 Å². The van der Waals surface area contributed by atoms with Gasteiger partial charge in [0.2, 0.25) is 0 Å². The van der Waals surface area contributed by atoms with Crippen LogP contribution >= 0.6 is 0 Å². The molecular formula is C12H18N4O3. The number of H-pyrrole nitrogens is 1. The van der Waals surface area contributed by atoms with E-state index in [1.165, 1.54) is 6.33 Å². The van der Waals surface area contributed by atoms with E-state index in [9.17, 15) is 5.11 Å². The summed E-state index contributed by atoms with van der Waals surface area (Å²) in [6.07, 6.45) is 3.40. The Morgan fingerprint density at radius 2 is 2.11 bits per heavy atom. The summed E-state index contributed by atoms with van der Waals surface area (Å²) in [6, 6.07) is 0. The lowest BCUT2D eigenvalue weighted by atomic mass is 10.1. The molecular weight excluding hydrogens is 248 g/mol. The van der Waals surface area contributed by atoms with E-state index in [4.69, 9.17) is 9.90 Å². The smallest absolute Gasteiger partial charge is 0.290 e. The third-order valence-electron chi connectivity index (χ3n) is 2.36. The highest BCUT2D eigenvalue weighted by Gasteiger charge is 2.14. The summed E-state index contributed by atoms with van der Waals surface area (Å²) in [5.74, 6) is 0.755. The van der Waals surface area contributed by atoms with Gasteiger partial charge in [-0.1, -0.05) is 0 Å². The number of aromatic nitrogens is 3. The van der Waals surface area contributed by atoms with Crippen LogP contribution in [0.15, 0.2) is 12.5 Å². The number of hydrogen-bond donors (Lipinski definition) is 4. The molecule has 0 aliphatic heterocycles. The van der Waals surface area contributed by atoms with Crippen LogP contribution in [-0.2, 0) is 4.79 Å². The number of nitrogens with one attached hydrogen (secondary N) is 2. The maximum atomic E-state index is 9.66. The van der Waals surface area contributed by atoms with Crippen LogP contribution in [0.3, 0.4) is 0 Å². The third-order valence-corrected chi connectivity index (χ3v) is 2.36. The standard InChI is InChI=1S/C11H16N4O.CH2O2/c1-7-4-12-9-8(7)10(15-6-14-9)13-5-11(2,3)16;2-1-3/h4,6,16H,5H2,1-3H3,(H2,12,13,14,15);1H,(H,2,3). The van der Waals surface area contributed by atoms with Gasteiger partial charge in [-0.15, -0.1) is 0 Å². The summed E-state index contributed by atoms with van der Waals surface area (Å²) in [5, 5.41) is 20.7. The van der Waals surface area contributed by atoms with Crippen LogP contribution in [-0.4, -0.2) is 43.8 Å². The zero-order chi connectivity index (χ0) is 14.5. The van der Waals surface area contributed by atoms with Gasteiger partial charge in [0.1, 0.15) is 17.8 Å². The largest absolute Gasteiger partial charge is 0.483 e. The van der Waals surface area contributed by atoms with Crippen LogP contribution in [0.25, 0.3) is 11.0 Å². The van der Waals surface area contributed by atoms with E-state index in [2.05, 4.69) is 20.3 Å². The van der Waals surface area contributed by atoms with Gasteiger partial charge < -0.3 is 20.5 Å². The van der Waals surface area contributed by atoms with Crippen LogP contribution in [0.2, 0.25) is 0 Å². The van der Waals surface area contributed by atoms with Gasteiger partial charge in [0.05, 0.1) is 11.0 Å². The fraction of sp³-hybridized carbons (Fsp3) is 0.417. The minimum absolute atomic E-state index is 0.250. The summed E-state index contributed by atoms with van der Waals surface area (Å²) in [4.78, 5) is 19.8. The molecule has 0 unspecified atom stereocenters. The quantitative estimate of drug-likeness (QED) is 0.620. The molecule has 0 aromatic carbocycles. The molecule has 0 radical (unpaired) electrons. The van der Waals surface area contributed by atoms with Crippen molar-refractivity contribution in [2.45, 2.75) is 26.4 Å². The number of rotatable bonds is 3. The Balaban J connectivity index is 0.000000550. The van der Waals surface area contributed by atoms with Crippen molar-refractivity contribution in [2.75, 3.05) is 11.9 Å². The number of aliphatic hydroxyl groups is 1. The topological polar surface area (TPSA) is 111 Å². The van der Waals surface area contributed by atoms with Gasteiger partial charge in [-0.3, -0.25) is 4.79 Å². The highest BCUT2D eigenvalue weighted by molar-refractivity contribution is 5.90. The number of aryl methyl sites for hydroxylation is 1. The van der Waals surface area contributed by atoms with Gasteiger partial charge in [0, 0.05) is 12.7 Å². The van der Waals surface area contributed by atoms with Crippen LogP contribution in [0.1, 0.15) is 19.4 Å². The lowest BCUT2D eigenvalue weighted by Crippen LogP contribution is -2.29. The Kier molecular flexibility index (Phi) is 4.82. The van der Waals surface area contributed by atoms with E-state index >= 15 is 0 Å². The van der Waals surface area contributed by atoms with E-state index in [1.54, 1.807) is 13.8 Å². The molecule has 0 saturated carbocycles. The monoisotopic (exact) mass is 266 g/mol. The van der Waals surface area contributed by atoms with E-state index in [-0.39, 0.29) is 6.47 Å². The minimum atomic E-state index is -0.762. The molecule has 7 heteroatoms. The van der Waals surface area contributed by atoms with E-state index < -0.39 is 5.60 Å². The molecule has 2 rings (SSSR count). The SMILES string of the molecule is Cc1c[nH]c2ncnc(NCC(C)(C)O)c12.O=CO. The fourth-order valence-electron chi connectivity index (χ4n) is 1.55. The number of hydrogen-bond acceptors (Lipinski definition) is 5. The Hall–Kier alpha value is -2.15. The van der Waals surface area contributed by atoms with Crippen molar-refractivity contribution < 1.29 is 15.0 Å². The Morgan fingerprint density at radius 3 is 2.68 bits per heavy atom. The van der Waals surface area contributed by atoms with Crippen LogP contribution in [0.4, 0.5) is 5.82 Å². The zero-order valence-corrected chi connectivity index (χ0v) is 11.1. The first-order valence-electron chi connectivity index (χ1n) is 5.72. The Labute approximate surface area is 110 Å². The van der Waals surface area contributed by atoms with Crippen LogP contribution in [0, 0.1) is 6.92 Å².